The van der Waals surface area contributed by atoms with Gasteiger partial charge in [0.1, 0.15) is 11.0 Å². The SMILES string of the molecule is CN(C)c1nc2ccc(-n3cnc4cc(-c5ccc(Cl)cc5)sc4c3=O)cc2[nH]1.O=C(O)C(F)(F)F. The van der Waals surface area contributed by atoms with Crippen LogP contribution in [0.25, 0.3) is 37.4 Å². The topological polar surface area (TPSA) is 104 Å². The van der Waals surface area contributed by atoms with Gasteiger partial charge in [-0.2, -0.15) is 13.2 Å². The lowest BCUT2D eigenvalue weighted by Gasteiger charge is -2.05. The number of anilines is 1. The first-order chi connectivity index (χ1) is 16.9. The smallest absolute Gasteiger partial charge is 0.475 e. The van der Waals surface area contributed by atoms with Crippen LogP contribution in [0.1, 0.15) is 0 Å². The number of benzene rings is 2. The number of thiophene rings is 1. The molecule has 0 aliphatic heterocycles. The highest BCUT2D eigenvalue weighted by Crippen LogP contribution is 2.31. The number of carbonyl (C=O) groups is 1. The summed E-state index contributed by atoms with van der Waals surface area (Å²) in [6, 6.07) is 15.2. The van der Waals surface area contributed by atoms with E-state index < -0.39 is 12.1 Å². The maximum atomic E-state index is 13.2. The summed E-state index contributed by atoms with van der Waals surface area (Å²) in [4.78, 5) is 37.2. The molecule has 0 saturated carbocycles. The number of aromatic nitrogens is 4. The van der Waals surface area contributed by atoms with Crippen LogP contribution < -0.4 is 10.5 Å². The number of rotatable bonds is 3. The zero-order valence-corrected chi connectivity index (χ0v) is 20.2. The Morgan fingerprint density at radius 3 is 2.39 bits per heavy atom. The maximum Gasteiger partial charge on any atom is 0.490 e. The highest BCUT2D eigenvalue weighted by molar-refractivity contribution is 7.22. The van der Waals surface area contributed by atoms with Crippen molar-refractivity contribution in [3.8, 4) is 16.1 Å². The van der Waals surface area contributed by atoms with Crippen LogP contribution in [0.15, 0.2) is 59.7 Å². The molecule has 3 heterocycles. The molecule has 0 atom stereocenters. The lowest BCUT2D eigenvalue weighted by atomic mass is 10.2. The molecule has 186 valence electrons. The number of fused-ring (bicyclic) bond motifs is 2. The summed E-state index contributed by atoms with van der Waals surface area (Å²) in [6.07, 6.45) is -3.51. The molecule has 3 aromatic heterocycles. The number of hydrogen-bond donors (Lipinski definition) is 2. The molecule has 5 rings (SSSR count). The summed E-state index contributed by atoms with van der Waals surface area (Å²) < 4.78 is 33.9. The molecule has 2 aromatic carbocycles. The van der Waals surface area contributed by atoms with Crippen LogP contribution in [0.4, 0.5) is 19.1 Å². The fourth-order valence-electron chi connectivity index (χ4n) is 3.20. The molecule has 0 aliphatic rings. The maximum absolute atomic E-state index is 13.2. The Morgan fingerprint density at radius 1 is 1.11 bits per heavy atom. The number of carboxylic acids is 1. The van der Waals surface area contributed by atoms with Crippen molar-refractivity contribution in [2.45, 2.75) is 6.18 Å². The summed E-state index contributed by atoms with van der Waals surface area (Å²) >= 11 is 7.42. The van der Waals surface area contributed by atoms with Crippen molar-refractivity contribution in [2.24, 2.45) is 0 Å². The monoisotopic (exact) mass is 535 g/mol. The molecular weight excluding hydrogens is 519 g/mol. The molecule has 0 radical (unpaired) electrons. The molecule has 0 spiro atoms. The van der Waals surface area contributed by atoms with E-state index in [1.165, 1.54) is 11.3 Å². The second-order valence-corrected chi connectivity index (χ2v) is 9.20. The highest BCUT2D eigenvalue weighted by atomic mass is 35.5. The average molecular weight is 536 g/mol. The Hall–Kier alpha value is -3.90. The second kappa shape index (κ2) is 9.63. The Kier molecular flexibility index (Phi) is 6.74. The first-order valence-corrected chi connectivity index (χ1v) is 11.4. The van der Waals surface area contributed by atoms with Gasteiger partial charge in [0.2, 0.25) is 5.95 Å². The number of aromatic amines is 1. The van der Waals surface area contributed by atoms with Crippen molar-refractivity contribution in [2.75, 3.05) is 19.0 Å². The van der Waals surface area contributed by atoms with Crippen LogP contribution in [0.2, 0.25) is 5.02 Å². The Morgan fingerprint density at radius 2 is 1.78 bits per heavy atom. The number of nitrogens with one attached hydrogen (secondary N) is 1. The fraction of sp³-hybridized carbons (Fsp3) is 0.130. The number of H-pyrrole nitrogens is 1. The van der Waals surface area contributed by atoms with Gasteiger partial charge in [-0.3, -0.25) is 9.36 Å². The molecule has 0 amide bonds. The summed E-state index contributed by atoms with van der Waals surface area (Å²) in [5.41, 5.74) is 4.07. The van der Waals surface area contributed by atoms with Crippen molar-refractivity contribution in [3.05, 3.63) is 70.2 Å². The molecule has 0 unspecified atom stereocenters. The van der Waals surface area contributed by atoms with Gasteiger partial charge in [0.25, 0.3) is 5.56 Å². The number of imidazole rings is 1. The van der Waals surface area contributed by atoms with Crippen molar-refractivity contribution in [3.63, 3.8) is 0 Å². The Labute approximate surface area is 210 Å². The summed E-state index contributed by atoms with van der Waals surface area (Å²) in [7, 11) is 3.85. The van der Waals surface area contributed by atoms with Crippen molar-refractivity contribution >= 4 is 56.1 Å². The fourth-order valence-corrected chi connectivity index (χ4v) is 4.37. The van der Waals surface area contributed by atoms with Crippen LogP contribution in [-0.4, -0.2) is 50.9 Å². The number of hydrogen-bond acceptors (Lipinski definition) is 6. The molecule has 0 aliphatic carbocycles. The lowest BCUT2D eigenvalue weighted by Crippen LogP contribution is -2.21. The van der Waals surface area contributed by atoms with Crippen molar-refractivity contribution < 1.29 is 23.1 Å². The normalized spacial score (nSPS) is 11.4. The van der Waals surface area contributed by atoms with Gasteiger partial charge in [0, 0.05) is 24.0 Å². The van der Waals surface area contributed by atoms with E-state index in [4.69, 9.17) is 21.5 Å². The molecule has 36 heavy (non-hydrogen) atoms. The van der Waals surface area contributed by atoms with E-state index in [-0.39, 0.29) is 5.56 Å². The van der Waals surface area contributed by atoms with Crippen LogP contribution >= 0.6 is 22.9 Å². The van der Waals surface area contributed by atoms with Gasteiger partial charge in [-0.05, 0) is 42.0 Å². The van der Waals surface area contributed by atoms with Gasteiger partial charge in [0.15, 0.2) is 0 Å². The van der Waals surface area contributed by atoms with Gasteiger partial charge in [0.05, 0.1) is 22.2 Å². The van der Waals surface area contributed by atoms with Crippen molar-refractivity contribution in [1.82, 2.24) is 19.5 Å². The van der Waals surface area contributed by atoms with E-state index >= 15 is 0 Å². The molecule has 5 aromatic rings. The second-order valence-electron chi connectivity index (χ2n) is 7.71. The van der Waals surface area contributed by atoms with E-state index in [0.717, 1.165) is 33.1 Å². The standard InChI is InChI=1S/C21H16ClN5OS.C2HF3O2/c1-26(2)21-24-15-8-7-14(9-16(15)25-21)27-11-23-17-10-18(29-19(17)20(27)28)12-3-5-13(22)6-4-12;3-2(4,5)1(6)7/h3-11H,1-2H3,(H,24,25);(H,6,7). The number of carboxylic acid groups (broad SMARTS) is 1. The first-order valence-electron chi connectivity index (χ1n) is 10.2. The number of aliphatic carboxylic acids is 1. The summed E-state index contributed by atoms with van der Waals surface area (Å²) in [5.74, 6) is -1.99. The Balaban J connectivity index is 0.000000384. The molecule has 13 heteroatoms. The summed E-state index contributed by atoms with van der Waals surface area (Å²) in [5, 5.41) is 7.81. The minimum Gasteiger partial charge on any atom is -0.475 e. The Bertz CT molecular complexity index is 1620. The van der Waals surface area contributed by atoms with Crippen LogP contribution in [-0.2, 0) is 4.79 Å². The van der Waals surface area contributed by atoms with E-state index in [1.807, 2.05) is 67.5 Å². The zero-order valence-electron chi connectivity index (χ0n) is 18.7. The van der Waals surface area contributed by atoms with E-state index in [0.29, 0.717) is 15.2 Å². The van der Waals surface area contributed by atoms with Crippen LogP contribution in [0, 0.1) is 0 Å². The van der Waals surface area contributed by atoms with Gasteiger partial charge in [-0.25, -0.2) is 14.8 Å². The predicted octanol–water partition coefficient (Wildman–Crippen LogP) is 5.34. The third-order valence-corrected chi connectivity index (χ3v) is 6.38. The molecule has 2 N–H and O–H groups in total. The molecule has 0 fully saturated rings. The van der Waals surface area contributed by atoms with E-state index in [1.54, 1.807) is 10.9 Å². The average Bonchev–Trinajstić information content (AvgIpc) is 3.44. The quantitative estimate of drug-likeness (QED) is 0.323. The number of alkyl halides is 3. The number of nitrogens with zero attached hydrogens (tertiary/aromatic N) is 4. The number of halogens is 4. The first kappa shape index (κ1) is 25.2. The van der Waals surface area contributed by atoms with Gasteiger partial charge in [-0.15, -0.1) is 11.3 Å². The molecule has 0 saturated heterocycles. The minimum atomic E-state index is -5.08. The molecule has 8 nitrogen and oxygen atoms in total. The highest BCUT2D eigenvalue weighted by Gasteiger charge is 2.38. The predicted molar refractivity (Wildman–Crippen MR) is 133 cm³/mol. The third-order valence-electron chi connectivity index (χ3n) is 4.96. The minimum absolute atomic E-state index is 0.0908. The third kappa shape index (κ3) is 5.19. The van der Waals surface area contributed by atoms with E-state index in [9.17, 15) is 18.0 Å². The van der Waals surface area contributed by atoms with Gasteiger partial charge < -0.3 is 15.0 Å². The van der Waals surface area contributed by atoms with Gasteiger partial charge in [-0.1, -0.05) is 23.7 Å². The molecular formula is C23H17ClF3N5O3S. The zero-order chi connectivity index (χ0) is 26.2. The van der Waals surface area contributed by atoms with E-state index in [2.05, 4.69) is 15.0 Å². The van der Waals surface area contributed by atoms with Crippen LogP contribution in [0.3, 0.4) is 0 Å². The lowest BCUT2D eigenvalue weighted by molar-refractivity contribution is -0.192. The summed E-state index contributed by atoms with van der Waals surface area (Å²) in [6.45, 7) is 0. The van der Waals surface area contributed by atoms with Crippen molar-refractivity contribution in [1.29, 1.82) is 0 Å². The molecule has 0 bridgehead atoms. The van der Waals surface area contributed by atoms with Gasteiger partial charge >= 0.3 is 12.1 Å². The van der Waals surface area contributed by atoms with Crippen LogP contribution in [0.5, 0.6) is 0 Å². The largest absolute Gasteiger partial charge is 0.490 e.